The molecular formula is C22H25F2N5OS2. The molecule has 1 saturated heterocycles. The van der Waals surface area contributed by atoms with Gasteiger partial charge in [0.25, 0.3) is 5.92 Å². The molecule has 0 amide bonds. The van der Waals surface area contributed by atoms with E-state index in [1.54, 1.807) is 24.5 Å². The molecule has 3 heterocycles. The lowest BCUT2D eigenvalue weighted by Crippen LogP contribution is -2.38. The number of hydrogen-bond donors (Lipinski definition) is 1. The molecule has 2 unspecified atom stereocenters. The van der Waals surface area contributed by atoms with Crippen LogP contribution >= 0.6 is 11.5 Å². The van der Waals surface area contributed by atoms with Crippen LogP contribution in [0, 0.1) is 0 Å². The summed E-state index contributed by atoms with van der Waals surface area (Å²) in [7, 11) is -1.65. The van der Waals surface area contributed by atoms with E-state index in [4.69, 9.17) is 0 Å². The first kappa shape index (κ1) is 22.9. The Bertz CT molecular complexity index is 988. The van der Waals surface area contributed by atoms with Gasteiger partial charge in [0, 0.05) is 42.0 Å². The van der Waals surface area contributed by atoms with Crippen LogP contribution in [0.15, 0.2) is 60.0 Å². The second-order valence-electron chi connectivity index (χ2n) is 7.75. The molecule has 1 N–H and O–H groups in total. The van der Waals surface area contributed by atoms with E-state index in [0.717, 1.165) is 37.5 Å². The molecule has 1 fully saturated rings. The standard InChI is InChI=1S/C17H20F2N4OS2.C5H5N/c18-17(19)7-6-15(23-8-2-1-3-9-23)13-5-4-12(10-14(13)17)26(24)22-16-20-11-21-25-16;1-2-4-6-5-3-1/h4-5,10-11,15H,1-3,6-9H2,(H,20,21,22);1-5H. The molecule has 0 saturated carbocycles. The Morgan fingerprint density at radius 2 is 1.91 bits per heavy atom. The zero-order valence-corrected chi connectivity index (χ0v) is 19.1. The van der Waals surface area contributed by atoms with Crippen molar-refractivity contribution in [2.45, 2.75) is 49.0 Å². The maximum atomic E-state index is 14.6. The molecule has 2 aromatic heterocycles. The number of anilines is 1. The number of halogens is 2. The van der Waals surface area contributed by atoms with E-state index in [1.165, 1.54) is 18.8 Å². The zero-order chi connectivity index (χ0) is 22.4. The molecular weight excluding hydrogens is 452 g/mol. The first-order chi connectivity index (χ1) is 15.5. The Labute approximate surface area is 192 Å². The van der Waals surface area contributed by atoms with Crippen LogP contribution in [0.3, 0.4) is 0 Å². The maximum Gasteiger partial charge on any atom is 0.273 e. The first-order valence-electron chi connectivity index (χ1n) is 10.6. The summed E-state index contributed by atoms with van der Waals surface area (Å²) in [6.45, 7) is 1.92. The summed E-state index contributed by atoms with van der Waals surface area (Å²) in [4.78, 5) is 10.4. The van der Waals surface area contributed by atoms with Crippen molar-refractivity contribution >= 4 is 27.6 Å². The fourth-order valence-electron chi connectivity index (χ4n) is 4.14. The van der Waals surface area contributed by atoms with E-state index in [1.807, 2.05) is 18.2 Å². The van der Waals surface area contributed by atoms with Crippen molar-refractivity contribution in [2.24, 2.45) is 0 Å². The van der Waals surface area contributed by atoms with Gasteiger partial charge in [-0.05, 0) is 62.2 Å². The highest BCUT2D eigenvalue weighted by atomic mass is 32.2. The number of rotatable bonds is 4. The van der Waals surface area contributed by atoms with Gasteiger partial charge in [-0.25, -0.2) is 18.0 Å². The smallest absolute Gasteiger partial charge is 0.273 e. The molecule has 10 heteroatoms. The van der Waals surface area contributed by atoms with Crippen molar-refractivity contribution in [1.82, 2.24) is 19.2 Å². The van der Waals surface area contributed by atoms with Gasteiger partial charge in [0.05, 0.1) is 4.90 Å². The molecule has 3 aromatic rings. The number of nitrogens with one attached hydrogen (secondary N) is 1. The zero-order valence-electron chi connectivity index (χ0n) is 17.5. The normalized spacial score (nSPS) is 21.0. The van der Waals surface area contributed by atoms with Gasteiger partial charge in [-0.2, -0.15) is 4.37 Å². The lowest BCUT2D eigenvalue weighted by Gasteiger charge is -2.40. The predicted molar refractivity (Wildman–Crippen MR) is 122 cm³/mol. The van der Waals surface area contributed by atoms with Crippen molar-refractivity contribution < 1.29 is 13.0 Å². The van der Waals surface area contributed by atoms with Gasteiger partial charge in [-0.3, -0.25) is 14.6 Å². The van der Waals surface area contributed by atoms with Crippen LogP contribution in [0.4, 0.5) is 13.9 Å². The summed E-state index contributed by atoms with van der Waals surface area (Å²) in [5, 5.41) is 0.402. The number of alkyl halides is 2. The van der Waals surface area contributed by atoms with Crippen molar-refractivity contribution in [2.75, 3.05) is 17.8 Å². The number of benzene rings is 1. The number of likely N-dealkylation sites (tertiary alicyclic amines) is 1. The lowest BCUT2D eigenvalue weighted by atomic mass is 9.83. The number of nitrogens with zero attached hydrogens (tertiary/aromatic N) is 4. The van der Waals surface area contributed by atoms with Gasteiger partial charge in [-0.15, -0.1) is 0 Å². The van der Waals surface area contributed by atoms with Gasteiger partial charge in [0.2, 0.25) is 5.13 Å². The Balaban J connectivity index is 0.000000354. The summed E-state index contributed by atoms with van der Waals surface area (Å²) in [5.74, 6) is -2.88. The average molecular weight is 478 g/mol. The third-order valence-electron chi connectivity index (χ3n) is 5.66. The molecule has 32 heavy (non-hydrogen) atoms. The molecule has 1 aliphatic carbocycles. The van der Waals surface area contributed by atoms with Crippen molar-refractivity contribution in [3.63, 3.8) is 0 Å². The molecule has 170 valence electrons. The maximum absolute atomic E-state index is 14.6. The van der Waals surface area contributed by atoms with E-state index in [-0.39, 0.29) is 18.0 Å². The lowest BCUT2D eigenvalue weighted by molar-refractivity contribution is -0.0368. The van der Waals surface area contributed by atoms with E-state index in [0.29, 0.717) is 22.0 Å². The molecule has 1 aromatic carbocycles. The first-order valence-corrected chi connectivity index (χ1v) is 12.5. The highest BCUT2D eigenvalue weighted by Gasteiger charge is 2.42. The number of aromatic nitrogens is 3. The number of piperidine rings is 1. The van der Waals surface area contributed by atoms with Crippen LogP contribution in [0.25, 0.3) is 0 Å². The van der Waals surface area contributed by atoms with E-state index >= 15 is 0 Å². The quantitative estimate of drug-likeness (QED) is 0.562. The highest BCUT2D eigenvalue weighted by Crippen LogP contribution is 2.47. The summed E-state index contributed by atoms with van der Waals surface area (Å²) >= 11 is 1.07. The molecule has 6 nitrogen and oxygen atoms in total. The van der Waals surface area contributed by atoms with Gasteiger partial charge in [0.15, 0.2) is 11.0 Å². The Kier molecular flexibility index (Phi) is 7.54. The van der Waals surface area contributed by atoms with E-state index in [2.05, 4.69) is 24.0 Å². The third-order valence-corrected chi connectivity index (χ3v) is 7.43. The third kappa shape index (κ3) is 5.54. The molecule has 5 rings (SSSR count). The van der Waals surface area contributed by atoms with Crippen LogP contribution in [0.5, 0.6) is 0 Å². The largest absolute Gasteiger partial charge is 0.296 e. The van der Waals surface area contributed by atoms with Crippen LogP contribution in [-0.2, 0) is 16.9 Å². The van der Waals surface area contributed by atoms with E-state index < -0.39 is 16.9 Å². The fraction of sp³-hybridized carbons (Fsp3) is 0.409. The average Bonchev–Trinajstić information content (AvgIpc) is 3.34. The number of hydrogen-bond acceptors (Lipinski definition) is 6. The number of fused-ring (bicyclic) bond motifs is 1. The molecule has 1 aliphatic heterocycles. The van der Waals surface area contributed by atoms with Gasteiger partial charge in [-0.1, -0.05) is 18.6 Å². The molecule has 0 radical (unpaired) electrons. The summed E-state index contributed by atoms with van der Waals surface area (Å²) < 4.78 is 48.2. The SMILES string of the molecule is O=S(Nc1ncns1)c1ccc2c(c1)C(F)(F)CCC2N1CCCCC1.c1ccncc1. The molecule has 2 atom stereocenters. The van der Waals surface area contributed by atoms with Crippen LogP contribution in [0.1, 0.15) is 49.3 Å². The van der Waals surface area contributed by atoms with Gasteiger partial charge >= 0.3 is 0 Å². The molecule has 2 aliphatic rings. The van der Waals surface area contributed by atoms with Gasteiger partial charge in [0.1, 0.15) is 6.33 Å². The van der Waals surface area contributed by atoms with Gasteiger partial charge < -0.3 is 0 Å². The molecule has 0 bridgehead atoms. The minimum Gasteiger partial charge on any atom is -0.296 e. The Hall–Kier alpha value is -2.30. The Morgan fingerprint density at radius 1 is 1.12 bits per heavy atom. The summed E-state index contributed by atoms with van der Waals surface area (Å²) in [5.41, 5.74) is 0.698. The minimum atomic E-state index is -2.88. The van der Waals surface area contributed by atoms with Crippen molar-refractivity contribution in [1.29, 1.82) is 0 Å². The Morgan fingerprint density at radius 3 is 2.53 bits per heavy atom. The number of pyridine rings is 1. The predicted octanol–water partition coefficient (Wildman–Crippen LogP) is 5.17. The van der Waals surface area contributed by atoms with Crippen molar-refractivity contribution in [3.8, 4) is 0 Å². The minimum absolute atomic E-state index is 0.0178. The summed E-state index contributed by atoms with van der Waals surface area (Å²) in [6, 6.07) is 10.6. The topological polar surface area (TPSA) is 71.0 Å². The highest BCUT2D eigenvalue weighted by molar-refractivity contribution is 7.86. The fourth-order valence-corrected chi connectivity index (χ4v) is 5.55. The van der Waals surface area contributed by atoms with Crippen LogP contribution in [0.2, 0.25) is 0 Å². The second kappa shape index (κ2) is 10.5. The van der Waals surface area contributed by atoms with Crippen molar-refractivity contribution in [3.05, 3.63) is 66.2 Å². The molecule has 0 spiro atoms. The van der Waals surface area contributed by atoms with E-state index in [9.17, 15) is 13.0 Å². The van der Waals surface area contributed by atoms with Crippen LogP contribution < -0.4 is 4.72 Å². The van der Waals surface area contributed by atoms with Crippen LogP contribution in [-0.4, -0.2) is 36.5 Å². The summed E-state index contributed by atoms with van der Waals surface area (Å²) in [6.07, 6.45) is 8.61. The monoisotopic (exact) mass is 477 g/mol. The second-order valence-corrected chi connectivity index (χ2v) is 9.74.